The van der Waals surface area contributed by atoms with Gasteiger partial charge in [0.1, 0.15) is 5.78 Å². The van der Waals surface area contributed by atoms with Crippen molar-refractivity contribution in [2.45, 2.75) is 52.4 Å². The summed E-state index contributed by atoms with van der Waals surface area (Å²) in [6, 6.07) is 0. The van der Waals surface area contributed by atoms with E-state index in [1.165, 1.54) is 19.3 Å². The molecule has 0 spiro atoms. The highest BCUT2D eigenvalue weighted by atomic mass is 16.1. The van der Waals surface area contributed by atoms with Crippen molar-refractivity contribution in [3.63, 3.8) is 0 Å². The van der Waals surface area contributed by atoms with E-state index in [0.29, 0.717) is 11.7 Å². The Labute approximate surface area is 93.8 Å². The second-order valence-electron chi connectivity index (χ2n) is 4.71. The van der Waals surface area contributed by atoms with Crippen molar-refractivity contribution in [3.8, 4) is 0 Å². The Balaban J connectivity index is 2.25. The average Bonchev–Trinajstić information content (AvgIpc) is 2.29. The largest absolute Gasteiger partial charge is 0.317 e. The summed E-state index contributed by atoms with van der Waals surface area (Å²) < 4.78 is 0. The van der Waals surface area contributed by atoms with Gasteiger partial charge in [-0.1, -0.05) is 33.1 Å². The van der Waals surface area contributed by atoms with Crippen LogP contribution < -0.4 is 5.32 Å². The minimum Gasteiger partial charge on any atom is -0.317 e. The highest BCUT2D eigenvalue weighted by Crippen LogP contribution is 2.31. The van der Waals surface area contributed by atoms with Gasteiger partial charge in [-0.25, -0.2) is 0 Å². The SMILES string of the molecule is CCNCCC(=O)C1CCCC(CC)C1. The molecule has 0 aromatic rings. The Morgan fingerprint density at radius 1 is 1.33 bits per heavy atom. The van der Waals surface area contributed by atoms with Gasteiger partial charge >= 0.3 is 0 Å². The number of ketones is 1. The molecule has 0 aromatic heterocycles. The van der Waals surface area contributed by atoms with Crippen LogP contribution in [0.4, 0.5) is 0 Å². The zero-order valence-corrected chi connectivity index (χ0v) is 10.2. The van der Waals surface area contributed by atoms with Crippen LogP contribution in [0.1, 0.15) is 52.4 Å². The Bertz CT molecular complexity index is 191. The summed E-state index contributed by atoms with van der Waals surface area (Å²) in [6.07, 6.45) is 6.87. The summed E-state index contributed by atoms with van der Waals surface area (Å²) in [5.41, 5.74) is 0. The molecule has 0 aliphatic heterocycles. The van der Waals surface area contributed by atoms with E-state index in [2.05, 4.69) is 19.2 Å². The quantitative estimate of drug-likeness (QED) is 0.684. The van der Waals surface area contributed by atoms with Gasteiger partial charge in [-0.3, -0.25) is 4.79 Å². The molecule has 1 saturated carbocycles. The summed E-state index contributed by atoms with van der Waals surface area (Å²) in [5, 5.41) is 3.22. The van der Waals surface area contributed by atoms with Crippen LogP contribution in [0.3, 0.4) is 0 Å². The third-order valence-electron chi connectivity index (χ3n) is 3.61. The van der Waals surface area contributed by atoms with Gasteiger partial charge in [-0.05, 0) is 25.3 Å². The molecule has 2 atom stereocenters. The van der Waals surface area contributed by atoms with E-state index in [1.54, 1.807) is 0 Å². The Morgan fingerprint density at radius 2 is 2.13 bits per heavy atom. The second kappa shape index (κ2) is 7.00. The zero-order valence-electron chi connectivity index (χ0n) is 10.2. The molecular weight excluding hydrogens is 186 g/mol. The topological polar surface area (TPSA) is 29.1 Å². The number of nitrogens with one attached hydrogen (secondary N) is 1. The van der Waals surface area contributed by atoms with E-state index in [1.807, 2.05) is 0 Å². The van der Waals surface area contributed by atoms with Gasteiger partial charge in [0.25, 0.3) is 0 Å². The molecule has 2 heteroatoms. The number of hydrogen-bond acceptors (Lipinski definition) is 2. The number of carbonyl (C=O) groups is 1. The molecule has 88 valence electrons. The van der Waals surface area contributed by atoms with Crippen LogP contribution in [0.2, 0.25) is 0 Å². The van der Waals surface area contributed by atoms with E-state index < -0.39 is 0 Å². The van der Waals surface area contributed by atoms with Gasteiger partial charge in [-0.2, -0.15) is 0 Å². The minimum absolute atomic E-state index is 0.377. The van der Waals surface area contributed by atoms with E-state index in [4.69, 9.17) is 0 Å². The predicted molar refractivity (Wildman–Crippen MR) is 63.9 cm³/mol. The fraction of sp³-hybridized carbons (Fsp3) is 0.923. The minimum atomic E-state index is 0.377. The molecule has 15 heavy (non-hydrogen) atoms. The molecule has 1 rings (SSSR count). The second-order valence-corrected chi connectivity index (χ2v) is 4.71. The third kappa shape index (κ3) is 4.33. The summed E-state index contributed by atoms with van der Waals surface area (Å²) >= 11 is 0. The monoisotopic (exact) mass is 211 g/mol. The molecule has 0 saturated heterocycles. The van der Waals surface area contributed by atoms with Crippen molar-refractivity contribution in [3.05, 3.63) is 0 Å². The van der Waals surface area contributed by atoms with Crippen molar-refractivity contribution in [2.24, 2.45) is 11.8 Å². The van der Waals surface area contributed by atoms with Crippen molar-refractivity contribution >= 4 is 5.78 Å². The standard InChI is InChI=1S/C13H25NO/c1-3-11-6-5-7-12(10-11)13(15)8-9-14-4-2/h11-12,14H,3-10H2,1-2H3. The molecule has 1 N–H and O–H groups in total. The Hall–Kier alpha value is -0.370. The van der Waals surface area contributed by atoms with Crippen molar-refractivity contribution in [1.82, 2.24) is 5.32 Å². The van der Waals surface area contributed by atoms with Crippen LogP contribution in [0.5, 0.6) is 0 Å². The number of hydrogen-bond donors (Lipinski definition) is 1. The molecule has 0 aromatic carbocycles. The first-order valence-corrected chi connectivity index (χ1v) is 6.51. The molecule has 0 radical (unpaired) electrons. The van der Waals surface area contributed by atoms with Gasteiger partial charge in [-0.15, -0.1) is 0 Å². The maximum absolute atomic E-state index is 11.9. The summed E-state index contributed by atoms with van der Waals surface area (Å²) in [7, 11) is 0. The number of Topliss-reactive ketones (excluding diaryl/α,β-unsaturated/α-hetero) is 1. The molecule has 0 heterocycles. The first-order valence-electron chi connectivity index (χ1n) is 6.51. The first kappa shape index (κ1) is 12.7. The lowest BCUT2D eigenvalue weighted by Crippen LogP contribution is -2.26. The van der Waals surface area contributed by atoms with E-state index in [-0.39, 0.29) is 0 Å². The number of rotatable bonds is 6. The fourth-order valence-corrected chi connectivity index (χ4v) is 2.55. The lowest BCUT2D eigenvalue weighted by molar-refractivity contribution is -0.124. The van der Waals surface area contributed by atoms with E-state index in [9.17, 15) is 4.79 Å². The van der Waals surface area contributed by atoms with Crippen molar-refractivity contribution in [1.29, 1.82) is 0 Å². The Morgan fingerprint density at radius 3 is 2.80 bits per heavy atom. The van der Waals surface area contributed by atoms with Crippen LogP contribution in [-0.4, -0.2) is 18.9 Å². The summed E-state index contributed by atoms with van der Waals surface area (Å²) in [5.74, 6) is 1.68. The van der Waals surface area contributed by atoms with Gasteiger partial charge in [0.2, 0.25) is 0 Å². The van der Waals surface area contributed by atoms with Gasteiger partial charge in [0.15, 0.2) is 0 Å². The molecule has 1 aliphatic carbocycles. The highest BCUT2D eigenvalue weighted by Gasteiger charge is 2.25. The molecular formula is C13H25NO. The Kier molecular flexibility index (Phi) is 5.92. The number of carbonyl (C=O) groups excluding carboxylic acids is 1. The average molecular weight is 211 g/mol. The highest BCUT2D eigenvalue weighted by molar-refractivity contribution is 5.81. The van der Waals surface area contributed by atoms with Crippen LogP contribution in [0.25, 0.3) is 0 Å². The van der Waals surface area contributed by atoms with Crippen molar-refractivity contribution < 1.29 is 4.79 Å². The van der Waals surface area contributed by atoms with Gasteiger partial charge in [0, 0.05) is 18.9 Å². The summed E-state index contributed by atoms with van der Waals surface area (Å²) in [4.78, 5) is 11.9. The van der Waals surface area contributed by atoms with Crippen LogP contribution >= 0.6 is 0 Å². The van der Waals surface area contributed by atoms with Gasteiger partial charge in [0.05, 0.1) is 0 Å². The third-order valence-corrected chi connectivity index (χ3v) is 3.61. The maximum atomic E-state index is 11.9. The fourth-order valence-electron chi connectivity index (χ4n) is 2.55. The van der Waals surface area contributed by atoms with Crippen LogP contribution in [0, 0.1) is 11.8 Å². The van der Waals surface area contributed by atoms with Crippen LogP contribution in [0.15, 0.2) is 0 Å². The van der Waals surface area contributed by atoms with Crippen LogP contribution in [-0.2, 0) is 4.79 Å². The smallest absolute Gasteiger partial charge is 0.137 e. The van der Waals surface area contributed by atoms with Crippen molar-refractivity contribution in [2.75, 3.05) is 13.1 Å². The molecule has 0 amide bonds. The van der Waals surface area contributed by atoms with Gasteiger partial charge < -0.3 is 5.32 Å². The molecule has 2 unspecified atom stereocenters. The molecule has 1 fully saturated rings. The maximum Gasteiger partial charge on any atom is 0.137 e. The molecule has 0 bridgehead atoms. The predicted octanol–water partition coefficient (Wildman–Crippen LogP) is 2.77. The molecule has 2 nitrogen and oxygen atoms in total. The lowest BCUT2D eigenvalue weighted by atomic mass is 9.78. The molecule has 1 aliphatic rings. The zero-order chi connectivity index (χ0) is 11.1. The van der Waals surface area contributed by atoms with E-state index >= 15 is 0 Å². The first-order chi connectivity index (χ1) is 7.27. The lowest BCUT2D eigenvalue weighted by Gasteiger charge is -2.27. The normalized spacial score (nSPS) is 26.5. The summed E-state index contributed by atoms with van der Waals surface area (Å²) in [6.45, 7) is 6.16. The van der Waals surface area contributed by atoms with E-state index in [0.717, 1.165) is 38.3 Å².